The van der Waals surface area contributed by atoms with Crippen molar-refractivity contribution < 1.29 is 14.4 Å². The number of rotatable bonds is 7. The van der Waals surface area contributed by atoms with E-state index in [1.165, 1.54) is 6.92 Å². The Morgan fingerprint density at radius 1 is 0.931 bits per heavy atom. The van der Waals surface area contributed by atoms with Gasteiger partial charge in [0.15, 0.2) is 0 Å². The lowest BCUT2D eigenvalue weighted by atomic mass is 10.2. The van der Waals surface area contributed by atoms with Crippen molar-refractivity contribution in [3.63, 3.8) is 0 Å². The van der Waals surface area contributed by atoms with E-state index >= 15 is 0 Å². The Morgan fingerprint density at radius 3 is 2.14 bits per heavy atom. The number of nitrogens with zero attached hydrogens (tertiary/aromatic N) is 1. The Labute approximate surface area is 175 Å². The highest BCUT2D eigenvalue weighted by Crippen LogP contribution is 2.15. The van der Waals surface area contributed by atoms with Crippen LogP contribution in [0.4, 0.5) is 5.69 Å². The van der Waals surface area contributed by atoms with Gasteiger partial charge in [-0.25, -0.2) is 0 Å². The Kier molecular flexibility index (Phi) is 8.03. The van der Waals surface area contributed by atoms with E-state index in [-0.39, 0.29) is 5.56 Å². The number of carbonyl (C=O) groups excluding carboxylic acids is 3. The summed E-state index contributed by atoms with van der Waals surface area (Å²) in [7, 11) is 0. The van der Waals surface area contributed by atoms with Gasteiger partial charge in [0.25, 0.3) is 17.7 Å². The van der Waals surface area contributed by atoms with Gasteiger partial charge in [0.05, 0.1) is 10.6 Å². The zero-order valence-electron chi connectivity index (χ0n) is 16.7. The van der Waals surface area contributed by atoms with Gasteiger partial charge in [0.1, 0.15) is 6.04 Å². The monoisotopic (exact) mass is 416 g/mol. The predicted molar refractivity (Wildman–Crippen MR) is 114 cm³/mol. The Balaban J connectivity index is 1.88. The van der Waals surface area contributed by atoms with Gasteiger partial charge in [-0.15, -0.1) is 0 Å². The van der Waals surface area contributed by atoms with Gasteiger partial charge in [0.2, 0.25) is 0 Å². The third-order valence-electron chi connectivity index (χ3n) is 4.42. The summed E-state index contributed by atoms with van der Waals surface area (Å²) >= 11 is 5.98. The standard InChI is InChI=1S/C21H25ClN4O3/c1-4-26(5-2)16-12-10-15(11-13-16)20(28)25-24-19(27)14(3)23-21(29)17-8-6-7-9-18(17)22/h6-14H,4-5H2,1-3H3,(H,23,29)(H,24,27)(H,25,28)/t14-/m0/s1. The zero-order chi connectivity index (χ0) is 21.4. The maximum atomic E-state index is 12.2. The molecule has 29 heavy (non-hydrogen) atoms. The van der Waals surface area contributed by atoms with E-state index in [1.54, 1.807) is 36.4 Å². The topological polar surface area (TPSA) is 90.5 Å². The summed E-state index contributed by atoms with van der Waals surface area (Å²) in [6.45, 7) is 7.37. The molecule has 0 spiro atoms. The molecule has 2 aromatic carbocycles. The van der Waals surface area contributed by atoms with Crippen molar-refractivity contribution in [2.24, 2.45) is 0 Å². The number of hydrogen-bond donors (Lipinski definition) is 3. The highest BCUT2D eigenvalue weighted by atomic mass is 35.5. The quantitative estimate of drug-likeness (QED) is 0.605. The van der Waals surface area contributed by atoms with Crippen LogP contribution >= 0.6 is 11.6 Å². The van der Waals surface area contributed by atoms with Crippen LogP contribution in [0.25, 0.3) is 0 Å². The molecule has 0 aliphatic heterocycles. The van der Waals surface area contributed by atoms with Crippen LogP contribution in [0.5, 0.6) is 0 Å². The molecule has 0 radical (unpaired) electrons. The number of anilines is 1. The largest absolute Gasteiger partial charge is 0.372 e. The summed E-state index contributed by atoms with van der Waals surface area (Å²) in [6.07, 6.45) is 0. The molecule has 0 heterocycles. The first-order valence-electron chi connectivity index (χ1n) is 9.38. The van der Waals surface area contributed by atoms with Crippen LogP contribution in [-0.2, 0) is 4.79 Å². The lowest BCUT2D eigenvalue weighted by Gasteiger charge is -2.21. The molecular formula is C21H25ClN4O3. The Morgan fingerprint density at radius 2 is 1.55 bits per heavy atom. The first-order valence-corrected chi connectivity index (χ1v) is 9.75. The van der Waals surface area contributed by atoms with Crippen LogP contribution in [0.3, 0.4) is 0 Å². The Bertz CT molecular complexity index is 866. The lowest BCUT2D eigenvalue weighted by molar-refractivity contribution is -0.123. The normalized spacial score (nSPS) is 11.3. The van der Waals surface area contributed by atoms with Gasteiger partial charge >= 0.3 is 0 Å². The van der Waals surface area contributed by atoms with Gasteiger partial charge in [-0.2, -0.15) is 0 Å². The molecule has 3 amide bonds. The van der Waals surface area contributed by atoms with E-state index in [0.717, 1.165) is 18.8 Å². The van der Waals surface area contributed by atoms with Crippen molar-refractivity contribution in [2.75, 3.05) is 18.0 Å². The molecule has 0 aliphatic rings. The number of amides is 3. The molecule has 0 saturated carbocycles. The lowest BCUT2D eigenvalue weighted by Crippen LogP contribution is -2.51. The second kappa shape index (κ2) is 10.5. The van der Waals surface area contributed by atoms with Crippen molar-refractivity contribution in [3.05, 3.63) is 64.7 Å². The van der Waals surface area contributed by atoms with Crippen molar-refractivity contribution in [1.29, 1.82) is 0 Å². The SMILES string of the molecule is CCN(CC)c1ccc(C(=O)NNC(=O)[C@H](C)NC(=O)c2ccccc2Cl)cc1. The molecule has 1 atom stereocenters. The first kappa shape index (κ1) is 22.2. The smallest absolute Gasteiger partial charge is 0.269 e. The van der Waals surface area contributed by atoms with Gasteiger partial charge in [-0.3, -0.25) is 25.2 Å². The van der Waals surface area contributed by atoms with Gasteiger partial charge in [-0.1, -0.05) is 23.7 Å². The van der Waals surface area contributed by atoms with E-state index in [4.69, 9.17) is 11.6 Å². The summed E-state index contributed by atoms with van der Waals surface area (Å²) < 4.78 is 0. The molecule has 2 aromatic rings. The molecule has 0 unspecified atom stereocenters. The predicted octanol–water partition coefficient (Wildman–Crippen LogP) is 2.77. The molecule has 3 N–H and O–H groups in total. The highest BCUT2D eigenvalue weighted by Gasteiger charge is 2.18. The van der Waals surface area contributed by atoms with Gasteiger partial charge in [-0.05, 0) is 57.2 Å². The third kappa shape index (κ3) is 5.96. The summed E-state index contributed by atoms with van der Waals surface area (Å²) in [6, 6.07) is 12.8. The zero-order valence-corrected chi connectivity index (χ0v) is 17.4. The summed E-state index contributed by atoms with van der Waals surface area (Å²) in [5, 5.41) is 2.83. The molecule has 0 aliphatic carbocycles. The Hall–Kier alpha value is -3.06. The van der Waals surface area contributed by atoms with E-state index in [9.17, 15) is 14.4 Å². The highest BCUT2D eigenvalue weighted by molar-refractivity contribution is 6.33. The first-order chi connectivity index (χ1) is 13.9. The number of benzene rings is 2. The molecule has 0 bridgehead atoms. The number of halogens is 1. The molecule has 7 nitrogen and oxygen atoms in total. The average molecular weight is 417 g/mol. The molecule has 8 heteroatoms. The minimum absolute atomic E-state index is 0.270. The number of hydrazine groups is 1. The van der Waals surface area contributed by atoms with E-state index in [0.29, 0.717) is 10.6 Å². The molecule has 0 aromatic heterocycles. The molecule has 154 valence electrons. The maximum Gasteiger partial charge on any atom is 0.269 e. The van der Waals surface area contributed by atoms with Gasteiger partial charge < -0.3 is 10.2 Å². The van der Waals surface area contributed by atoms with Crippen LogP contribution in [0.1, 0.15) is 41.5 Å². The second-order valence-electron chi connectivity index (χ2n) is 6.34. The summed E-state index contributed by atoms with van der Waals surface area (Å²) in [5.41, 5.74) is 6.37. The maximum absolute atomic E-state index is 12.2. The van der Waals surface area contributed by atoms with Crippen LogP contribution in [0.15, 0.2) is 48.5 Å². The minimum Gasteiger partial charge on any atom is -0.372 e. The van der Waals surface area contributed by atoms with Crippen LogP contribution in [-0.4, -0.2) is 36.9 Å². The second-order valence-corrected chi connectivity index (χ2v) is 6.74. The number of hydrogen-bond acceptors (Lipinski definition) is 4. The fourth-order valence-corrected chi connectivity index (χ4v) is 2.92. The summed E-state index contributed by atoms with van der Waals surface area (Å²) in [5.74, 6) is -1.48. The van der Waals surface area contributed by atoms with Crippen LogP contribution in [0, 0.1) is 0 Å². The fraction of sp³-hybridized carbons (Fsp3) is 0.286. The van der Waals surface area contributed by atoms with E-state index in [1.807, 2.05) is 12.1 Å². The molecule has 0 fully saturated rings. The molecular weight excluding hydrogens is 392 g/mol. The third-order valence-corrected chi connectivity index (χ3v) is 4.75. The van der Waals surface area contributed by atoms with Gasteiger partial charge in [0, 0.05) is 24.3 Å². The van der Waals surface area contributed by atoms with Crippen molar-refractivity contribution in [1.82, 2.24) is 16.2 Å². The number of carbonyl (C=O) groups is 3. The molecule has 0 saturated heterocycles. The average Bonchev–Trinajstić information content (AvgIpc) is 2.73. The minimum atomic E-state index is -0.871. The fourth-order valence-electron chi connectivity index (χ4n) is 2.70. The number of nitrogens with one attached hydrogen (secondary N) is 3. The van der Waals surface area contributed by atoms with Crippen LogP contribution < -0.4 is 21.1 Å². The van der Waals surface area contributed by atoms with Crippen molar-refractivity contribution in [3.8, 4) is 0 Å². The van der Waals surface area contributed by atoms with E-state index < -0.39 is 23.8 Å². The van der Waals surface area contributed by atoms with Crippen molar-refractivity contribution in [2.45, 2.75) is 26.8 Å². The molecule has 2 rings (SSSR count). The van der Waals surface area contributed by atoms with Crippen LogP contribution in [0.2, 0.25) is 5.02 Å². The van der Waals surface area contributed by atoms with Crippen molar-refractivity contribution >= 4 is 35.0 Å². The van der Waals surface area contributed by atoms with E-state index in [2.05, 4.69) is 34.9 Å². The summed E-state index contributed by atoms with van der Waals surface area (Å²) in [4.78, 5) is 38.8.